The summed E-state index contributed by atoms with van der Waals surface area (Å²) >= 11 is 13.2. The van der Waals surface area contributed by atoms with Gasteiger partial charge in [0.1, 0.15) is 0 Å². The Morgan fingerprint density at radius 3 is 2.76 bits per heavy atom. The fourth-order valence-electron chi connectivity index (χ4n) is 1.55. The SMILES string of the molecule is CC1SCC(=O)N(c2cc(Cl)ccc2Cl)C1=O. The molecule has 1 aliphatic rings. The van der Waals surface area contributed by atoms with E-state index < -0.39 is 0 Å². The predicted octanol–water partition coefficient (Wildman–Crippen LogP) is 2.99. The van der Waals surface area contributed by atoms with Crippen LogP contribution in [0.25, 0.3) is 0 Å². The van der Waals surface area contributed by atoms with E-state index in [0.717, 1.165) is 4.90 Å². The van der Waals surface area contributed by atoms with Crippen molar-refractivity contribution in [1.82, 2.24) is 0 Å². The maximum absolute atomic E-state index is 12.0. The lowest BCUT2D eigenvalue weighted by atomic mass is 10.2. The van der Waals surface area contributed by atoms with E-state index in [1.807, 2.05) is 0 Å². The monoisotopic (exact) mass is 289 g/mol. The fourth-order valence-corrected chi connectivity index (χ4v) is 2.69. The smallest absolute Gasteiger partial charge is 0.246 e. The van der Waals surface area contributed by atoms with Gasteiger partial charge < -0.3 is 0 Å². The summed E-state index contributed by atoms with van der Waals surface area (Å²) in [5.74, 6) is -0.242. The average molecular weight is 290 g/mol. The molecule has 0 aliphatic carbocycles. The minimum atomic E-state index is -0.262. The van der Waals surface area contributed by atoms with Crippen LogP contribution in [0, 0.1) is 0 Å². The summed E-state index contributed by atoms with van der Waals surface area (Å²) < 4.78 is 0. The summed E-state index contributed by atoms with van der Waals surface area (Å²) in [6, 6.07) is 4.72. The van der Waals surface area contributed by atoms with Gasteiger partial charge in [-0.05, 0) is 25.1 Å². The largest absolute Gasteiger partial charge is 0.273 e. The van der Waals surface area contributed by atoms with E-state index in [9.17, 15) is 9.59 Å². The highest BCUT2D eigenvalue weighted by atomic mass is 35.5. The van der Waals surface area contributed by atoms with Crippen LogP contribution in [0.4, 0.5) is 5.69 Å². The van der Waals surface area contributed by atoms with Crippen LogP contribution in [0.5, 0.6) is 0 Å². The highest BCUT2D eigenvalue weighted by molar-refractivity contribution is 8.01. The summed E-state index contributed by atoms with van der Waals surface area (Å²) in [5.41, 5.74) is 0.362. The molecule has 1 fully saturated rings. The maximum atomic E-state index is 12.0. The number of benzene rings is 1. The second kappa shape index (κ2) is 4.88. The van der Waals surface area contributed by atoms with Crippen LogP contribution in [0.3, 0.4) is 0 Å². The lowest BCUT2D eigenvalue weighted by molar-refractivity contribution is -0.125. The second-order valence-corrected chi connectivity index (χ2v) is 5.79. The summed E-state index contributed by atoms with van der Waals surface area (Å²) in [7, 11) is 0. The molecule has 1 aliphatic heterocycles. The van der Waals surface area contributed by atoms with Crippen molar-refractivity contribution in [3.8, 4) is 0 Å². The van der Waals surface area contributed by atoms with Gasteiger partial charge in [0.05, 0.1) is 21.7 Å². The standard InChI is InChI=1S/C11H9Cl2NO2S/c1-6-11(16)14(10(15)5-17-6)9-4-7(12)2-3-8(9)13/h2-4,6H,5H2,1H3. The zero-order valence-electron chi connectivity index (χ0n) is 8.94. The van der Waals surface area contributed by atoms with Gasteiger partial charge in [-0.2, -0.15) is 0 Å². The van der Waals surface area contributed by atoms with Crippen LogP contribution in [0.15, 0.2) is 18.2 Å². The number of imide groups is 1. The number of halogens is 2. The molecule has 3 nitrogen and oxygen atoms in total. The zero-order valence-corrected chi connectivity index (χ0v) is 11.3. The third-order valence-corrected chi connectivity index (χ3v) is 4.09. The number of hydrogen-bond acceptors (Lipinski definition) is 3. The number of amides is 2. The molecule has 1 aromatic carbocycles. The van der Waals surface area contributed by atoms with Gasteiger partial charge in [0.15, 0.2) is 0 Å². The van der Waals surface area contributed by atoms with Gasteiger partial charge >= 0.3 is 0 Å². The van der Waals surface area contributed by atoms with Crippen LogP contribution >= 0.6 is 35.0 Å². The van der Waals surface area contributed by atoms with Crippen LogP contribution in [0.2, 0.25) is 10.0 Å². The Bertz CT molecular complexity index is 492. The van der Waals surface area contributed by atoms with Crippen molar-refractivity contribution in [3.63, 3.8) is 0 Å². The van der Waals surface area contributed by atoms with Crippen molar-refractivity contribution in [2.75, 3.05) is 10.7 Å². The Balaban J connectivity index is 2.46. The number of carbonyl (C=O) groups is 2. The molecule has 1 heterocycles. The first-order valence-electron chi connectivity index (χ1n) is 4.94. The van der Waals surface area contributed by atoms with Crippen molar-refractivity contribution in [1.29, 1.82) is 0 Å². The molecule has 90 valence electrons. The predicted molar refractivity (Wildman–Crippen MR) is 70.9 cm³/mol. The molecule has 1 aromatic rings. The van der Waals surface area contributed by atoms with E-state index >= 15 is 0 Å². The highest BCUT2D eigenvalue weighted by Crippen LogP contribution is 2.33. The topological polar surface area (TPSA) is 37.4 Å². The first kappa shape index (κ1) is 12.7. The number of thioether (sulfide) groups is 1. The first-order chi connectivity index (χ1) is 8.00. The molecule has 0 aromatic heterocycles. The van der Waals surface area contributed by atoms with E-state index in [4.69, 9.17) is 23.2 Å². The Morgan fingerprint density at radius 2 is 2.06 bits per heavy atom. The van der Waals surface area contributed by atoms with Gasteiger partial charge in [-0.1, -0.05) is 23.2 Å². The fraction of sp³-hybridized carbons (Fsp3) is 0.273. The second-order valence-electron chi connectivity index (χ2n) is 3.62. The molecular formula is C11H9Cl2NO2S. The number of carbonyl (C=O) groups excluding carboxylic acids is 2. The third kappa shape index (κ3) is 2.44. The van der Waals surface area contributed by atoms with Gasteiger partial charge in [-0.15, -0.1) is 11.8 Å². The van der Waals surface area contributed by atoms with Gasteiger partial charge in [-0.3, -0.25) is 9.59 Å². The molecule has 1 unspecified atom stereocenters. The van der Waals surface area contributed by atoms with Crippen LogP contribution < -0.4 is 4.90 Å². The van der Waals surface area contributed by atoms with E-state index in [2.05, 4.69) is 0 Å². The third-order valence-electron chi connectivity index (χ3n) is 2.42. The van der Waals surface area contributed by atoms with Crippen molar-refractivity contribution in [2.45, 2.75) is 12.2 Å². The van der Waals surface area contributed by atoms with Crippen LogP contribution in [0.1, 0.15) is 6.92 Å². The summed E-state index contributed by atoms with van der Waals surface area (Å²) in [5, 5.41) is 0.536. The van der Waals surface area contributed by atoms with E-state index in [0.29, 0.717) is 15.7 Å². The minimum Gasteiger partial charge on any atom is -0.273 e. The quantitative estimate of drug-likeness (QED) is 0.746. The van der Waals surface area contributed by atoms with E-state index in [1.165, 1.54) is 17.8 Å². The molecule has 1 atom stereocenters. The zero-order chi connectivity index (χ0) is 12.6. The van der Waals surface area contributed by atoms with Crippen molar-refractivity contribution >= 4 is 52.5 Å². The lowest BCUT2D eigenvalue weighted by Crippen LogP contribution is -2.46. The van der Waals surface area contributed by atoms with Crippen LogP contribution in [-0.2, 0) is 9.59 Å². The van der Waals surface area contributed by atoms with E-state index in [1.54, 1.807) is 19.1 Å². The van der Waals surface area contributed by atoms with Gasteiger partial charge in [0.2, 0.25) is 11.8 Å². The summed E-state index contributed by atoms with van der Waals surface area (Å²) in [6.07, 6.45) is 0. The number of nitrogens with zero attached hydrogens (tertiary/aromatic N) is 1. The van der Waals surface area contributed by atoms with Crippen LogP contribution in [-0.4, -0.2) is 22.8 Å². The molecule has 17 heavy (non-hydrogen) atoms. The molecule has 0 bridgehead atoms. The highest BCUT2D eigenvalue weighted by Gasteiger charge is 2.34. The molecule has 1 saturated heterocycles. The normalized spacial score (nSPS) is 20.9. The molecular weight excluding hydrogens is 281 g/mol. The first-order valence-corrected chi connectivity index (χ1v) is 6.74. The number of hydrogen-bond donors (Lipinski definition) is 0. The molecule has 2 rings (SSSR count). The molecule has 0 N–H and O–H groups in total. The average Bonchev–Trinajstić information content (AvgIpc) is 2.29. The summed E-state index contributed by atoms with van der Waals surface area (Å²) in [4.78, 5) is 24.9. The van der Waals surface area contributed by atoms with Crippen molar-refractivity contribution in [3.05, 3.63) is 28.2 Å². The molecule has 0 radical (unpaired) electrons. The Kier molecular flexibility index (Phi) is 3.66. The number of rotatable bonds is 1. The van der Waals surface area contributed by atoms with Gasteiger partial charge in [-0.25, -0.2) is 4.90 Å². The molecule has 0 spiro atoms. The van der Waals surface area contributed by atoms with Crippen molar-refractivity contribution < 1.29 is 9.59 Å². The Morgan fingerprint density at radius 1 is 1.35 bits per heavy atom. The van der Waals surface area contributed by atoms with Gasteiger partial charge in [0, 0.05) is 5.02 Å². The minimum absolute atomic E-state index is 0.247. The van der Waals surface area contributed by atoms with Crippen molar-refractivity contribution in [2.24, 2.45) is 0 Å². The van der Waals surface area contributed by atoms with Gasteiger partial charge in [0.25, 0.3) is 0 Å². The molecule has 0 saturated carbocycles. The maximum Gasteiger partial charge on any atom is 0.246 e. The number of anilines is 1. The Hall–Kier alpha value is -0.710. The summed E-state index contributed by atoms with van der Waals surface area (Å²) in [6.45, 7) is 1.77. The lowest BCUT2D eigenvalue weighted by Gasteiger charge is -2.29. The Labute approximate surface area is 113 Å². The van der Waals surface area contributed by atoms with E-state index in [-0.39, 0.29) is 22.8 Å². The molecule has 6 heteroatoms. The molecule has 2 amide bonds.